The quantitative estimate of drug-likeness (QED) is 0.234. The molecular formula is C22H44I2N2Y2+2. The van der Waals surface area contributed by atoms with E-state index in [1.165, 1.54) is 99.8 Å². The minimum atomic E-state index is 0. The van der Waals surface area contributed by atoms with E-state index >= 15 is 0 Å². The molecule has 4 heterocycles. The first kappa shape index (κ1) is 31.6. The molecule has 2 nitrogen and oxygen atoms in total. The minimum absolute atomic E-state index is 0. The van der Waals surface area contributed by atoms with Crippen LogP contribution in [0.2, 0.25) is 0 Å². The predicted octanol–water partition coefficient (Wildman–Crippen LogP) is 6.31. The molecule has 0 amide bonds. The standard InChI is InChI=1S/2C11H22N.I2.2Y/c1-3-11-7-10(2)8-12(9-11)5-4-6-12;1-3-10-8-12(6-5-7-12)9-11(10)4-2;1-2;;/h2*10-11H,3-9H2,1-2H3;;;/q2*+1;;;. The number of rotatable bonds is 3. The van der Waals surface area contributed by atoms with Crippen LogP contribution in [-0.2, 0) is 65.4 Å². The second-order valence-electron chi connectivity index (χ2n) is 9.97. The molecule has 0 aromatic carbocycles. The Morgan fingerprint density at radius 2 is 1.11 bits per heavy atom. The molecule has 0 aromatic heterocycles. The van der Waals surface area contributed by atoms with Crippen LogP contribution in [-0.4, -0.2) is 61.3 Å². The Balaban J connectivity index is 0.000000449. The molecule has 0 aromatic rings. The van der Waals surface area contributed by atoms with E-state index < -0.39 is 0 Å². The molecule has 0 aliphatic carbocycles. The second-order valence-corrected chi connectivity index (χ2v) is 9.97. The third-order valence-corrected chi connectivity index (χ3v) is 8.15. The first-order chi connectivity index (χ1) is 12.5. The number of hydrogen-bond donors (Lipinski definition) is 0. The average Bonchev–Trinajstić information content (AvgIpc) is 3.02. The molecule has 2 radical (unpaired) electrons. The molecule has 4 saturated heterocycles. The fraction of sp³-hybridized carbons (Fsp3) is 1.00. The van der Waals surface area contributed by atoms with Crippen molar-refractivity contribution in [1.82, 2.24) is 0 Å². The Bertz CT molecular complexity index is 403. The molecule has 0 saturated carbocycles. The third-order valence-electron chi connectivity index (χ3n) is 8.15. The molecule has 0 N–H and O–H groups in total. The SMILES string of the molecule is CCC1CC(C)C[N+]2(CCC2)C1.CCC1C[N+]2(CCC2)CC1CC.II.[Y].[Y]. The van der Waals surface area contributed by atoms with Gasteiger partial charge in [-0.2, -0.15) is 0 Å². The van der Waals surface area contributed by atoms with Gasteiger partial charge in [0.15, 0.2) is 0 Å². The Labute approximate surface area is 250 Å². The van der Waals surface area contributed by atoms with Gasteiger partial charge in [0.1, 0.15) is 0 Å². The smallest absolute Gasteiger partial charge is 0.0841 e. The van der Waals surface area contributed by atoms with E-state index in [-0.39, 0.29) is 65.4 Å². The molecule has 2 spiro atoms. The van der Waals surface area contributed by atoms with Crippen molar-refractivity contribution in [3.63, 3.8) is 0 Å². The van der Waals surface area contributed by atoms with Crippen molar-refractivity contribution in [2.45, 2.75) is 66.2 Å². The molecular weight excluding hydrogens is 724 g/mol. The zero-order valence-electron chi connectivity index (χ0n) is 19.0. The maximum absolute atomic E-state index is 2.44. The van der Waals surface area contributed by atoms with Crippen LogP contribution in [0.1, 0.15) is 66.2 Å². The van der Waals surface area contributed by atoms with Crippen LogP contribution in [0.5, 0.6) is 0 Å². The summed E-state index contributed by atoms with van der Waals surface area (Å²) in [6, 6.07) is 0. The van der Waals surface area contributed by atoms with Gasteiger partial charge >= 0.3 is 0 Å². The van der Waals surface area contributed by atoms with E-state index in [0.717, 1.165) is 23.7 Å². The normalized spacial score (nSPS) is 33.6. The summed E-state index contributed by atoms with van der Waals surface area (Å²) in [6.07, 6.45) is 8.72. The van der Waals surface area contributed by atoms with Gasteiger partial charge in [-0.15, -0.1) is 0 Å². The van der Waals surface area contributed by atoms with Crippen molar-refractivity contribution in [1.29, 1.82) is 0 Å². The fourth-order valence-electron chi connectivity index (χ4n) is 6.53. The Kier molecular flexibility index (Phi) is 17.5. The summed E-state index contributed by atoms with van der Waals surface area (Å²) in [5.41, 5.74) is 0. The molecule has 4 atom stereocenters. The molecule has 6 heteroatoms. The Hall–Kier alpha value is 3.59. The van der Waals surface area contributed by atoms with Gasteiger partial charge in [-0.1, -0.05) is 27.7 Å². The molecule has 4 fully saturated rings. The van der Waals surface area contributed by atoms with E-state index in [1.54, 1.807) is 0 Å². The van der Waals surface area contributed by atoms with E-state index in [4.69, 9.17) is 0 Å². The van der Waals surface area contributed by atoms with Crippen LogP contribution in [0.3, 0.4) is 0 Å². The van der Waals surface area contributed by atoms with Crippen molar-refractivity contribution < 1.29 is 74.4 Å². The van der Waals surface area contributed by atoms with Gasteiger partial charge in [-0.3, -0.25) is 0 Å². The summed E-state index contributed by atoms with van der Waals surface area (Å²) in [5.74, 6) is 4.13. The van der Waals surface area contributed by atoms with Crippen molar-refractivity contribution in [2.75, 3.05) is 52.4 Å². The van der Waals surface area contributed by atoms with Crippen LogP contribution >= 0.6 is 37.2 Å². The largest absolute Gasteiger partial charge is 0.323 e. The van der Waals surface area contributed by atoms with Crippen LogP contribution < -0.4 is 0 Å². The average molecular weight is 768 g/mol. The maximum atomic E-state index is 2.44. The zero-order valence-corrected chi connectivity index (χ0v) is 29.0. The van der Waals surface area contributed by atoms with Gasteiger partial charge in [0.2, 0.25) is 0 Å². The summed E-state index contributed by atoms with van der Waals surface area (Å²) in [6.45, 7) is 21.5. The maximum Gasteiger partial charge on any atom is 0.0841 e. The summed E-state index contributed by atoms with van der Waals surface area (Å²) in [5, 5.41) is 0. The topological polar surface area (TPSA) is 0 Å². The minimum Gasteiger partial charge on any atom is -0.323 e. The van der Waals surface area contributed by atoms with Crippen LogP contribution in [0.25, 0.3) is 0 Å². The molecule has 0 bridgehead atoms. The summed E-state index contributed by atoms with van der Waals surface area (Å²) < 4.78 is 2.98. The van der Waals surface area contributed by atoms with Gasteiger partial charge in [0.25, 0.3) is 0 Å². The molecule has 4 rings (SSSR count). The zero-order chi connectivity index (χ0) is 19.2. The van der Waals surface area contributed by atoms with E-state index in [0.29, 0.717) is 0 Å². The van der Waals surface area contributed by atoms with Crippen LogP contribution in [0, 0.1) is 23.7 Å². The van der Waals surface area contributed by atoms with E-state index in [2.05, 4.69) is 64.9 Å². The molecule has 28 heavy (non-hydrogen) atoms. The van der Waals surface area contributed by atoms with Gasteiger partial charge in [-0.05, 0) is 25.7 Å². The second kappa shape index (κ2) is 15.5. The number of hydrogen-bond acceptors (Lipinski definition) is 0. The van der Waals surface area contributed by atoms with Crippen molar-refractivity contribution in [3.05, 3.63) is 0 Å². The first-order valence-electron chi connectivity index (χ1n) is 11.4. The Morgan fingerprint density at radius 3 is 1.43 bits per heavy atom. The van der Waals surface area contributed by atoms with Gasteiger partial charge in [0, 0.05) is 139 Å². The third kappa shape index (κ3) is 8.42. The molecule has 4 aliphatic heterocycles. The number of quaternary nitrogens is 2. The molecule has 4 unspecified atom stereocenters. The summed E-state index contributed by atoms with van der Waals surface area (Å²) in [4.78, 5) is 0. The Morgan fingerprint density at radius 1 is 0.679 bits per heavy atom. The monoisotopic (exact) mass is 768 g/mol. The van der Waals surface area contributed by atoms with Gasteiger partial charge < -0.3 is 8.97 Å². The van der Waals surface area contributed by atoms with E-state index in [1.807, 2.05) is 0 Å². The number of piperidine rings is 1. The van der Waals surface area contributed by atoms with E-state index in [9.17, 15) is 0 Å². The van der Waals surface area contributed by atoms with Gasteiger partial charge in [0.05, 0.1) is 52.4 Å². The van der Waals surface area contributed by atoms with Crippen molar-refractivity contribution in [2.24, 2.45) is 23.7 Å². The number of halogens is 2. The fourth-order valence-corrected chi connectivity index (χ4v) is 6.53. The summed E-state index contributed by atoms with van der Waals surface area (Å²) >= 11 is 4.24. The van der Waals surface area contributed by atoms with Crippen LogP contribution in [0.15, 0.2) is 0 Å². The molecule has 160 valence electrons. The van der Waals surface area contributed by atoms with Crippen molar-refractivity contribution in [3.8, 4) is 0 Å². The first-order valence-corrected chi connectivity index (χ1v) is 17.7. The molecule has 4 aliphatic rings. The van der Waals surface area contributed by atoms with Gasteiger partial charge in [-0.25, -0.2) is 0 Å². The van der Waals surface area contributed by atoms with Crippen LogP contribution in [0.4, 0.5) is 0 Å². The number of nitrogens with zero attached hydrogens (tertiary/aromatic N) is 2. The predicted molar refractivity (Wildman–Crippen MR) is 132 cm³/mol. The summed E-state index contributed by atoms with van der Waals surface area (Å²) in [7, 11) is 0. The van der Waals surface area contributed by atoms with Crippen molar-refractivity contribution >= 4 is 37.2 Å².